The summed E-state index contributed by atoms with van der Waals surface area (Å²) in [5.74, 6) is -0.291. The Balaban J connectivity index is 1.95. The Morgan fingerprint density at radius 2 is 1.37 bits per heavy atom. The first-order valence-corrected chi connectivity index (χ1v) is 10.8. The van der Waals surface area contributed by atoms with E-state index in [0.717, 1.165) is 16.7 Å². The van der Waals surface area contributed by atoms with E-state index in [1.807, 2.05) is 61.5 Å². The number of aryl methyl sites for hydroxylation is 1. The lowest BCUT2D eigenvalue weighted by Gasteiger charge is -2.20. The smallest absolute Gasteiger partial charge is 0.212 e. The van der Waals surface area contributed by atoms with Gasteiger partial charge in [-0.1, -0.05) is 89.4 Å². The highest BCUT2D eigenvalue weighted by molar-refractivity contribution is 7.88. The summed E-state index contributed by atoms with van der Waals surface area (Å²) in [6, 6.07) is 21.7. The van der Waals surface area contributed by atoms with Gasteiger partial charge in [0.1, 0.15) is 0 Å². The van der Waals surface area contributed by atoms with Gasteiger partial charge in [-0.3, -0.25) is 0 Å². The van der Waals surface area contributed by atoms with Crippen molar-refractivity contribution in [2.75, 3.05) is 0 Å². The van der Waals surface area contributed by atoms with E-state index in [4.69, 9.17) is 23.2 Å². The van der Waals surface area contributed by atoms with Crippen LogP contribution in [0.3, 0.4) is 0 Å². The van der Waals surface area contributed by atoms with Gasteiger partial charge in [0.25, 0.3) is 0 Å². The van der Waals surface area contributed by atoms with Crippen LogP contribution in [0.5, 0.6) is 0 Å². The summed E-state index contributed by atoms with van der Waals surface area (Å²) in [7, 11) is -3.70. The summed E-state index contributed by atoms with van der Waals surface area (Å²) in [6.07, 6.45) is 0. The van der Waals surface area contributed by atoms with Gasteiger partial charge in [-0.05, 0) is 30.2 Å². The van der Waals surface area contributed by atoms with Crippen LogP contribution < -0.4 is 4.72 Å². The molecule has 3 rings (SSSR count). The molecule has 0 bridgehead atoms. The molecule has 3 aromatic rings. The Bertz CT molecular complexity index is 1000. The van der Waals surface area contributed by atoms with E-state index < -0.39 is 16.1 Å². The zero-order valence-electron chi connectivity index (χ0n) is 14.7. The molecule has 0 saturated carbocycles. The van der Waals surface area contributed by atoms with Crippen molar-refractivity contribution in [3.05, 3.63) is 105 Å². The average Bonchev–Trinajstić information content (AvgIpc) is 2.65. The minimum atomic E-state index is -3.70. The summed E-state index contributed by atoms with van der Waals surface area (Å²) in [5, 5.41) is 0.666. The summed E-state index contributed by atoms with van der Waals surface area (Å²) >= 11 is 12.3. The zero-order chi connectivity index (χ0) is 19.4. The van der Waals surface area contributed by atoms with Crippen LogP contribution >= 0.6 is 23.2 Å². The first kappa shape index (κ1) is 19.9. The van der Waals surface area contributed by atoms with Gasteiger partial charge in [-0.2, -0.15) is 0 Å². The van der Waals surface area contributed by atoms with Crippen molar-refractivity contribution in [2.45, 2.75) is 18.7 Å². The molecule has 3 nitrogen and oxygen atoms in total. The number of hydrogen-bond acceptors (Lipinski definition) is 2. The maximum Gasteiger partial charge on any atom is 0.216 e. The van der Waals surface area contributed by atoms with Crippen LogP contribution in [0.1, 0.15) is 28.3 Å². The third-order valence-corrected chi connectivity index (χ3v) is 6.21. The Kier molecular flexibility index (Phi) is 6.22. The van der Waals surface area contributed by atoms with Gasteiger partial charge in [0.2, 0.25) is 10.0 Å². The molecule has 1 atom stereocenters. The molecular weight excluding hydrogens is 401 g/mol. The normalized spacial score (nSPS) is 12.7. The van der Waals surface area contributed by atoms with Crippen LogP contribution in [0.2, 0.25) is 10.0 Å². The molecule has 0 saturated heterocycles. The third-order valence-electron chi connectivity index (χ3n) is 4.24. The summed E-state index contributed by atoms with van der Waals surface area (Å²) in [5.41, 5.74) is 3.22. The molecule has 0 heterocycles. The number of nitrogens with one attached hydrogen (secondary N) is 1. The summed E-state index contributed by atoms with van der Waals surface area (Å²) < 4.78 is 28.6. The molecule has 3 aromatic carbocycles. The molecule has 0 aliphatic carbocycles. The van der Waals surface area contributed by atoms with Crippen LogP contribution in [-0.2, 0) is 15.8 Å². The number of sulfonamides is 1. The van der Waals surface area contributed by atoms with E-state index in [9.17, 15) is 8.42 Å². The van der Waals surface area contributed by atoms with E-state index in [1.165, 1.54) is 0 Å². The molecule has 0 amide bonds. The van der Waals surface area contributed by atoms with Gasteiger partial charge in [-0.15, -0.1) is 0 Å². The minimum Gasteiger partial charge on any atom is -0.212 e. The molecule has 27 heavy (non-hydrogen) atoms. The molecule has 1 N–H and O–H groups in total. The second-order valence-corrected chi connectivity index (χ2v) is 8.90. The van der Waals surface area contributed by atoms with Gasteiger partial charge in [0, 0.05) is 15.6 Å². The lowest BCUT2D eigenvalue weighted by atomic mass is 9.99. The van der Waals surface area contributed by atoms with Gasteiger partial charge in [0.05, 0.1) is 11.8 Å². The van der Waals surface area contributed by atoms with Crippen LogP contribution in [0.25, 0.3) is 0 Å². The molecule has 0 aliphatic rings. The van der Waals surface area contributed by atoms with Crippen molar-refractivity contribution in [1.29, 1.82) is 0 Å². The molecule has 0 unspecified atom stereocenters. The average molecular weight is 420 g/mol. The van der Waals surface area contributed by atoms with Gasteiger partial charge >= 0.3 is 0 Å². The Morgan fingerprint density at radius 3 is 1.96 bits per heavy atom. The Labute approximate surface area is 170 Å². The second kappa shape index (κ2) is 8.44. The summed E-state index contributed by atoms with van der Waals surface area (Å²) in [4.78, 5) is 0. The number of rotatable bonds is 6. The number of hydrogen-bond donors (Lipinski definition) is 1. The van der Waals surface area contributed by atoms with E-state index in [2.05, 4.69) is 4.72 Å². The minimum absolute atomic E-state index is 0.291. The van der Waals surface area contributed by atoms with Gasteiger partial charge in [-0.25, -0.2) is 13.1 Å². The van der Waals surface area contributed by atoms with E-state index in [1.54, 1.807) is 18.2 Å². The topological polar surface area (TPSA) is 46.2 Å². The first-order chi connectivity index (χ1) is 12.9. The molecule has 6 heteroatoms. The predicted octanol–water partition coefficient (Wildman–Crippen LogP) is 5.51. The summed E-state index contributed by atoms with van der Waals surface area (Å²) in [6.45, 7) is 1.99. The number of benzene rings is 3. The molecular formula is C21H19Cl2NO2S. The highest BCUT2D eigenvalue weighted by Crippen LogP contribution is 2.28. The van der Waals surface area contributed by atoms with Crippen LogP contribution in [0.4, 0.5) is 0 Å². The maximum absolute atomic E-state index is 12.9. The largest absolute Gasteiger partial charge is 0.216 e. The quantitative estimate of drug-likeness (QED) is 0.572. The Morgan fingerprint density at radius 1 is 0.815 bits per heavy atom. The van der Waals surface area contributed by atoms with E-state index in [0.29, 0.717) is 15.6 Å². The van der Waals surface area contributed by atoms with Gasteiger partial charge in [0.15, 0.2) is 0 Å². The van der Waals surface area contributed by atoms with Crippen molar-refractivity contribution >= 4 is 33.2 Å². The molecule has 140 valence electrons. The van der Waals surface area contributed by atoms with Crippen molar-refractivity contribution in [2.24, 2.45) is 0 Å². The fourth-order valence-corrected chi connectivity index (χ4v) is 4.91. The van der Waals surface area contributed by atoms with Crippen molar-refractivity contribution in [1.82, 2.24) is 4.72 Å². The second-order valence-electron chi connectivity index (χ2n) is 6.33. The highest BCUT2D eigenvalue weighted by atomic mass is 35.5. The fourth-order valence-electron chi connectivity index (χ4n) is 2.81. The highest BCUT2D eigenvalue weighted by Gasteiger charge is 2.23. The lowest BCUT2D eigenvalue weighted by Crippen LogP contribution is -2.30. The lowest BCUT2D eigenvalue weighted by molar-refractivity contribution is 0.571. The molecule has 0 aliphatic heterocycles. The predicted molar refractivity (Wildman–Crippen MR) is 112 cm³/mol. The van der Waals surface area contributed by atoms with Crippen molar-refractivity contribution < 1.29 is 8.42 Å². The molecule has 0 fully saturated rings. The van der Waals surface area contributed by atoms with Crippen LogP contribution in [-0.4, -0.2) is 8.42 Å². The van der Waals surface area contributed by atoms with Crippen LogP contribution in [0.15, 0.2) is 72.8 Å². The molecule has 0 spiro atoms. The van der Waals surface area contributed by atoms with E-state index in [-0.39, 0.29) is 5.75 Å². The Hall–Kier alpha value is -1.85. The first-order valence-electron chi connectivity index (χ1n) is 8.40. The fraction of sp³-hybridized carbons (Fsp3) is 0.143. The van der Waals surface area contributed by atoms with Crippen molar-refractivity contribution in [3.63, 3.8) is 0 Å². The number of halogens is 2. The molecule has 0 radical (unpaired) electrons. The standard InChI is InChI=1S/C21H19Cl2NO2S/c1-15-10-12-17(13-11-15)21(16-6-3-2-4-7-16)24-27(25,26)14-18-19(22)8-5-9-20(18)23/h2-13,21,24H,14H2,1H3/t21-/m0/s1. The zero-order valence-corrected chi connectivity index (χ0v) is 17.0. The third kappa shape index (κ3) is 5.11. The van der Waals surface area contributed by atoms with Gasteiger partial charge < -0.3 is 0 Å². The molecule has 0 aromatic heterocycles. The van der Waals surface area contributed by atoms with Crippen molar-refractivity contribution in [3.8, 4) is 0 Å². The van der Waals surface area contributed by atoms with Crippen LogP contribution in [0, 0.1) is 6.92 Å². The monoisotopic (exact) mass is 419 g/mol. The SMILES string of the molecule is Cc1ccc([C@@H](NS(=O)(=O)Cc2c(Cl)cccc2Cl)c2ccccc2)cc1. The van der Waals surface area contributed by atoms with E-state index >= 15 is 0 Å². The maximum atomic E-state index is 12.9.